The van der Waals surface area contributed by atoms with Gasteiger partial charge < -0.3 is 11.1 Å². The summed E-state index contributed by atoms with van der Waals surface area (Å²) in [5.41, 5.74) is 5.46. The molecular formula is C11H15FN2O3S. The third-order valence-corrected chi connectivity index (χ3v) is 4.54. The summed E-state index contributed by atoms with van der Waals surface area (Å²) in [6.45, 7) is 3.19. The standard InChI is InChI=1S/C11H15FN2O3S/c1-3-14-11(15)7(2)18(16,17)10-5-4-8(13)6-9(10)12/h4-7H,3,13H2,1-2H3,(H,14,15). The maximum Gasteiger partial charge on any atom is 0.238 e. The Morgan fingerprint density at radius 3 is 2.61 bits per heavy atom. The second-order valence-electron chi connectivity index (χ2n) is 3.77. The quantitative estimate of drug-likeness (QED) is 0.791. The second-order valence-corrected chi connectivity index (χ2v) is 6.01. The van der Waals surface area contributed by atoms with Crippen LogP contribution >= 0.6 is 0 Å². The molecule has 1 amide bonds. The van der Waals surface area contributed by atoms with E-state index in [0.717, 1.165) is 12.1 Å². The highest BCUT2D eigenvalue weighted by molar-refractivity contribution is 7.92. The van der Waals surface area contributed by atoms with Gasteiger partial charge in [0.05, 0.1) is 0 Å². The molecule has 1 aromatic carbocycles. The van der Waals surface area contributed by atoms with E-state index < -0.39 is 31.7 Å². The molecule has 0 aliphatic rings. The fourth-order valence-corrected chi connectivity index (χ4v) is 2.73. The molecule has 1 aromatic rings. The Morgan fingerprint density at radius 2 is 2.11 bits per heavy atom. The Morgan fingerprint density at radius 1 is 1.50 bits per heavy atom. The first-order valence-corrected chi connectivity index (χ1v) is 6.92. The van der Waals surface area contributed by atoms with Gasteiger partial charge in [0.2, 0.25) is 5.91 Å². The zero-order chi connectivity index (χ0) is 13.9. The fourth-order valence-electron chi connectivity index (χ4n) is 1.40. The highest BCUT2D eigenvalue weighted by Gasteiger charge is 2.31. The van der Waals surface area contributed by atoms with Gasteiger partial charge in [0.15, 0.2) is 9.84 Å². The number of nitrogen functional groups attached to an aromatic ring is 1. The number of hydrogen-bond acceptors (Lipinski definition) is 4. The first-order valence-electron chi connectivity index (χ1n) is 5.37. The first-order chi connectivity index (χ1) is 8.30. The van der Waals surface area contributed by atoms with Crippen LogP contribution in [0.4, 0.5) is 10.1 Å². The normalized spacial score (nSPS) is 13.1. The van der Waals surface area contributed by atoms with Gasteiger partial charge in [-0.05, 0) is 32.0 Å². The lowest BCUT2D eigenvalue weighted by molar-refractivity contribution is -0.120. The van der Waals surface area contributed by atoms with Crippen molar-refractivity contribution in [1.29, 1.82) is 0 Å². The number of carbonyl (C=O) groups is 1. The number of nitrogens with two attached hydrogens (primary N) is 1. The summed E-state index contributed by atoms with van der Waals surface area (Å²) in [7, 11) is -4.05. The summed E-state index contributed by atoms with van der Waals surface area (Å²) in [4.78, 5) is 11.0. The van der Waals surface area contributed by atoms with Crippen LogP contribution in [0.1, 0.15) is 13.8 Å². The molecule has 0 saturated heterocycles. The maximum atomic E-state index is 13.6. The zero-order valence-electron chi connectivity index (χ0n) is 10.1. The molecule has 0 saturated carbocycles. The number of hydrogen-bond donors (Lipinski definition) is 2. The Kier molecular flexibility index (Phi) is 4.28. The number of carbonyl (C=O) groups excluding carboxylic acids is 1. The molecule has 1 rings (SSSR count). The number of anilines is 1. The van der Waals surface area contributed by atoms with Crippen molar-refractivity contribution in [3.05, 3.63) is 24.0 Å². The number of amides is 1. The van der Waals surface area contributed by atoms with E-state index in [4.69, 9.17) is 5.73 Å². The first kappa shape index (κ1) is 14.4. The molecule has 0 aromatic heterocycles. The molecule has 7 heteroatoms. The summed E-state index contributed by atoms with van der Waals surface area (Å²) in [5, 5.41) is 1.04. The van der Waals surface area contributed by atoms with E-state index in [0.29, 0.717) is 6.54 Å². The molecule has 18 heavy (non-hydrogen) atoms. The van der Waals surface area contributed by atoms with Crippen molar-refractivity contribution in [2.45, 2.75) is 24.0 Å². The Labute approximate surface area is 105 Å². The van der Waals surface area contributed by atoms with Crippen LogP contribution in [0.5, 0.6) is 0 Å². The van der Waals surface area contributed by atoms with Crippen LogP contribution in [0, 0.1) is 5.82 Å². The summed E-state index contributed by atoms with van der Waals surface area (Å²) in [6.07, 6.45) is 0. The molecule has 0 aliphatic heterocycles. The van der Waals surface area contributed by atoms with Crippen LogP contribution in [-0.4, -0.2) is 26.1 Å². The minimum absolute atomic E-state index is 0.122. The molecule has 0 fully saturated rings. The topological polar surface area (TPSA) is 89.3 Å². The molecule has 0 heterocycles. The average molecular weight is 274 g/mol. The van der Waals surface area contributed by atoms with Crippen LogP contribution in [0.25, 0.3) is 0 Å². The summed E-state index contributed by atoms with van der Waals surface area (Å²) < 4.78 is 37.6. The van der Waals surface area contributed by atoms with Crippen molar-refractivity contribution in [2.24, 2.45) is 0 Å². The Hall–Kier alpha value is -1.63. The van der Waals surface area contributed by atoms with Crippen molar-refractivity contribution in [2.75, 3.05) is 12.3 Å². The lowest BCUT2D eigenvalue weighted by atomic mass is 10.3. The van der Waals surface area contributed by atoms with Gasteiger partial charge in [0.1, 0.15) is 16.0 Å². The van der Waals surface area contributed by atoms with E-state index in [1.807, 2.05) is 0 Å². The van der Waals surface area contributed by atoms with Crippen molar-refractivity contribution in [3.8, 4) is 0 Å². The predicted octanol–water partition coefficient (Wildman–Crippen LogP) is 0.706. The lowest BCUT2D eigenvalue weighted by Gasteiger charge is -2.13. The molecule has 1 atom stereocenters. The van der Waals surface area contributed by atoms with Crippen molar-refractivity contribution < 1.29 is 17.6 Å². The van der Waals surface area contributed by atoms with Gasteiger partial charge in [-0.15, -0.1) is 0 Å². The van der Waals surface area contributed by atoms with E-state index in [9.17, 15) is 17.6 Å². The van der Waals surface area contributed by atoms with E-state index in [-0.39, 0.29) is 5.69 Å². The van der Waals surface area contributed by atoms with Crippen molar-refractivity contribution in [3.63, 3.8) is 0 Å². The molecule has 1 unspecified atom stereocenters. The molecular weight excluding hydrogens is 259 g/mol. The van der Waals surface area contributed by atoms with Crippen molar-refractivity contribution >= 4 is 21.4 Å². The monoisotopic (exact) mass is 274 g/mol. The van der Waals surface area contributed by atoms with E-state index in [1.54, 1.807) is 6.92 Å². The average Bonchev–Trinajstić information content (AvgIpc) is 2.27. The van der Waals surface area contributed by atoms with Crippen molar-refractivity contribution in [1.82, 2.24) is 5.32 Å². The highest BCUT2D eigenvalue weighted by atomic mass is 32.2. The van der Waals surface area contributed by atoms with E-state index in [2.05, 4.69) is 5.32 Å². The summed E-state index contributed by atoms with van der Waals surface area (Å²) in [6, 6.07) is 3.26. The Bertz CT molecular complexity index is 557. The molecule has 3 N–H and O–H groups in total. The summed E-state index contributed by atoms with van der Waals surface area (Å²) >= 11 is 0. The molecule has 0 aliphatic carbocycles. The smallest absolute Gasteiger partial charge is 0.238 e. The van der Waals surface area contributed by atoms with Crippen LogP contribution in [0.2, 0.25) is 0 Å². The number of benzene rings is 1. The number of rotatable bonds is 4. The molecule has 0 spiro atoms. The van der Waals surface area contributed by atoms with Crippen LogP contribution in [0.15, 0.2) is 23.1 Å². The predicted molar refractivity (Wildman–Crippen MR) is 66.1 cm³/mol. The van der Waals surface area contributed by atoms with Crippen LogP contribution in [0.3, 0.4) is 0 Å². The van der Waals surface area contributed by atoms with Gasteiger partial charge in [-0.2, -0.15) is 0 Å². The number of nitrogens with one attached hydrogen (secondary N) is 1. The SMILES string of the molecule is CCNC(=O)C(C)S(=O)(=O)c1ccc(N)cc1F. The third kappa shape index (κ3) is 2.79. The zero-order valence-corrected chi connectivity index (χ0v) is 10.9. The fraction of sp³-hybridized carbons (Fsp3) is 0.364. The molecule has 0 radical (unpaired) electrons. The third-order valence-electron chi connectivity index (χ3n) is 2.45. The van der Waals surface area contributed by atoms with Gasteiger partial charge in [0.25, 0.3) is 0 Å². The molecule has 0 bridgehead atoms. The second kappa shape index (κ2) is 5.34. The van der Waals surface area contributed by atoms with E-state index >= 15 is 0 Å². The van der Waals surface area contributed by atoms with Crippen LogP contribution in [-0.2, 0) is 14.6 Å². The minimum Gasteiger partial charge on any atom is -0.399 e. The lowest BCUT2D eigenvalue weighted by Crippen LogP contribution is -2.38. The van der Waals surface area contributed by atoms with Crippen LogP contribution < -0.4 is 11.1 Å². The van der Waals surface area contributed by atoms with Gasteiger partial charge in [-0.1, -0.05) is 0 Å². The van der Waals surface area contributed by atoms with Gasteiger partial charge >= 0.3 is 0 Å². The highest BCUT2D eigenvalue weighted by Crippen LogP contribution is 2.21. The molecule has 5 nitrogen and oxygen atoms in total. The minimum atomic E-state index is -4.05. The molecule has 100 valence electrons. The van der Waals surface area contributed by atoms with Gasteiger partial charge in [-0.25, -0.2) is 12.8 Å². The van der Waals surface area contributed by atoms with Gasteiger partial charge in [-0.3, -0.25) is 4.79 Å². The maximum absolute atomic E-state index is 13.6. The summed E-state index contributed by atoms with van der Waals surface area (Å²) in [5.74, 6) is -1.61. The van der Waals surface area contributed by atoms with Gasteiger partial charge in [0, 0.05) is 12.2 Å². The number of sulfone groups is 1. The Balaban J connectivity index is 3.17. The van der Waals surface area contributed by atoms with E-state index in [1.165, 1.54) is 13.0 Å². The largest absolute Gasteiger partial charge is 0.399 e. The number of halogens is 1.